The highest BCUT2D eigenvalue weighted by Crippen LogP contribution is 2.27. The average molecular weight is 621 g/mol. The van der Waals surface area contributed by atoms with Crippen molar-refractivity contribution in [2.75, 3.05) is 24.5 Å². The van der Waals surface area contributed by atoms with Crippen LogP contribution < -0.4 is 14.4 Å². The van der Waals surface area contributed by atoms with Gasteiger partial charge in [0.25, 0.3) is 10.0 Å². The first-order chi connectivity index (χ1) is 19.6. The number of sulfonamides is 1. The molecule has 3 aromatic carbocycles. The molecule has 1 atom stereocenters. The van der Waals surface area contributed by atoms with Gasteiger partial charge < -0.3 is 15.0 Å². The molecule has 0 heterocycles. The minimum Gasteiger partial charge on any atom is -0.497 e. The van der Waals surface area contributed by atoms with Crippen LogP contribution >= 0.6 is 23.2 Å². The Morgan fingerprint density at radius 2 is 1.63 bits per heavy atom. The van der Waals surface area contributed by atoms with Crippen LogP contribution in [0.25, 0.3) is 0 Å². The van der Waals surface area contributed by atoms with E-state index in [1.807, 2.05) is 13.8 Å². The van der Waals surface area contributed by atoms with Gasteiger partial charge in [-0.25, -0.2) is 8.42 Å². The summed E-state index contributed by atoms with van der Waals surface area (Å²) in [6.45, 7) is 3.80. The van der Waals surface area contributed by atoms with E-state index in [9.17, 15) is 18.0 Å². The predicted molar refractivity (Wildman–Crippen MR) is 163 cm³/mol. The van der Waals surface area contributed by atoms with Gasteiger partial charge >= 0.3 is 0 Å². The number of hydrogen-bond acceptors (Lipinski definition) is 5. The topological polar surface area (TPSA) is 96.0 Å². The third-order valence-corrected chi connectivity index (χ3v) is 9.05. The largest absolute Gasteiger partial charge is 0.497 e. The van der Waals surface area contributed by atoms with E-state index in [4.69, 9.17) is 27.9 Å². The van der Waals surface area contributed by atoms with Crippen LogP contribution in [0.4, 0.5) is 5.69 Å². The molecule has 0 fully saturated rings. The van der Waals surface area contributed by atoms with Gasteiger partial charge in [-0.05, 0) is 66.9 Å². The fraction of sp³-hybridized carbons (Fsp3) is 0.333. The average Bonchev–Trinajstić information content (AvgIpc) is 2.98. The Labute approximate surface area is 252 Å². The molecular weight excluding hydrogens is 585 g/mol. The van der Waals surface area contributed by atoms with E-state index in [2.05, 4.69) is 5.32 Å². The summed E-state index contributed by atoms with van der Waals surface area (Å²) in [4.78, 5) is 28.7. The summed E-state index contributed by atoms with van der Waals surface area (Å²) in [5, 5.41) is 3.57. The minimum absolute atomic E-state index is 0.00432. The van der Waals surface area contributed by atoms with Crippen molar-refractivity contribution in [2.45, 2.75) is 50.6 Å². The fourth-order valence-electron chi connectivity index (χ4n) is 4.26. The first kappa shape index (κ1) is 32.2. The molecule has 11 heteroatoms. The summed E-state index contributed by atoms with van der Waals surface area (Å²) >= 11 is 12.3. The summed E-state index contributed by atoms with van der Waals surface area (Å²) in [7, 11) is -2.68. The molecule has 0 saturated carbocycles. The summed E-state index contributed by atoms with van der Waals surface area (Å²) in [6, 6.07) is 18.5. The number of anilines is 1. The van der Waals surface area contributed by atoms with Gasteiger partial charge in [-0.15, -0.1) is 0 Å². The molecule has 2 amide bonds. The normalized spacial score (nSPS) is 11.9. The molecular formula is C30H35Cl2N3O5S. The molecule has 41 heavy (non-hydrogen) atoms. The Kier molecular flexibility index (Phi) is 11.9. The lowest BCUT2D eigenvalue weighted by Crippen LogP contribution is -2.52. The number of unbranched alkanes of at least 4 members (excludes halogenated alkanes) is 1. The zero-order valence-electron chi connectivity index (χ0n) is 23.3. The second-order valence-electron chi connectivity index (χ2n) is 9.36. The number of benzene rings is 3. The Balaban J connectivity index is 2.02. The molecule has 0 aliphatic heterocycles. The molecule has 8 nitrogen and oxygen atoms in total. The van der Waals surface area contributed by atoms with Gasteiger partial charge in [0.15, 0.2) is 0 Å². The van der Waals surface area contributed by atoms with Crippen LogP contribution in [0.3, 0.4) is 0 Å². The monoisotopic (exact) mass is 619 g/mol. The molecule has 0 bridgehead atoms. The van der Waals surface area contributed by atoms with Crippen molar-refractivity contribution in [1.29, 1.82) is 0 Å². The van der Waals surface area contributed by atoms with E-state index >= 15 is 0 Å². The number of hydrogen-bond donors (Lipinski definition) is 1. The molecule has 0 aliphatic carbocycles. The number of amides is 2. The smallest absolute Gasteiger partial charge is 0.264 e. The van der Waals surface area contributed by atoms with Crippen molar-refractivity contribution >= 4 is 50.7 Å². The molecule has 3 rings (SSSR count). The molecule has 0 radical (unpaired) electrons. The van der Waals surface area contributed by atoms with E-state index in [1.54, 1.807) is 60.7 Å². The molecule has 0 unspecified atom stereocenters. The lowest BCUT2D eigenvalue weighted by atomic mass is 10.1. The maximum Gasteiger partial charge on any atom is 0.264 e. The van der Waals surface area contributed by atoms with Crippen LogP contribution in [0.5, 0.6) is 5.75 Å². The van der Waals surface area contributed by atoms with Gasteiger partial charge in [-0.3, -0.25) is 13.9 Å². The number of nitrogens with one attached hydrogen (secondary N) is 1. The third kappa shape index (κ3) is 8.38. The van der Waals surface area contributed by atoms with Crippen LogP contribution in [0.15, 0.2) is 77.7 Å². The highest BCUT2D eigenvalue weighted by Gasteiger charge is 2.33. The molecule has 0 aliphatic rings. The number of nitrogens with zero attached hydrogens (tertiary/aromatic N) is 2. The number of halogens is 2. The Morgan fingerprint density at radius 3 is 2.22 bits per heavy atom. The molecule has 3 aromatic rings. The fourth-order valence-corrected chi connectivity index (χ4v) is 5.99. The van der Waals surface area contributed by atoms with Gasteiger partial charge in [0.05, 0.1) is 27.7 Å². The molecule has 0 saturated heterocycles. The number of carbonyl (C=O) groups is 2. The van der Waals surface area contributed by atoms with Crippen LogP contribution in [0, 0.1) is 0 Å². The van der Waals surface area contributed by atoms with Crippen molar-refractivity contribution in [3.8, 4) is 5.75 Å². The summed E-state index contributed by atoms with van der Waals surface area (Å²) in [5.74, 6) is -0.355. The summed E-state index contributed by atoms with van der Waals surface area (Å²) in [6.07, 6.45) is 2.02. The lowest BCUT2D eigenvalue weighted by Gasteiger charge is -2.33. The predicted octanol–water partition coefficient (Wildman–Crippen LogP) is 5.92. The highest BCUT2D eigenvalue weighted by molar-refractivity contribution is 7.92. The van der Waals surface area contributed by atoms with E-state index in [0.29, 0.717) is 40.0 Å². The quantitative estimate of drug-likeness (QED) is 0.226. The molecule has 220 valence electrons. The lowest BCUT2D eigenvalue weighted by molar-refractivity contribution is -0.140. The van der Waals surface area contributed by atoms with Crippen molar-refractivity contribution in [3.05, 3.63) is 88.4 Å². The maximum absolute atomic E-state index is 14.1. The molecule has 1 N–H and O–H groups in total. The zero-order chi connectivity index (χ0) is 30.0. The summed E-state index contributed by atoms with van der Waals surface area (Å²) < 4.78 is 34.0. The Morgan fingerprint density at radius 1 is 0.951 bits per heavy atom. The van der Waals surface area contributed by atoms with Crippen LogP contribution in [-0.2, 0) is 26.2 Å². The van der Waals surface area contributed by atoms with Gasteiger partial charge in [0.1, 0.15) is 18.3 Å². The van der Waals surface area contributed by atoms with Crippen LogP contribution in [0.1, 0.15) is 38.7 Å². The Hall–Kier alpha value is -3.27. The second-order valence-corrected chi connectivity index (χ2v) is 12.0. The van der Waals surface area contributed by atoms with Crippen LogP contribution in [0.2, 0.25) is 10.0 Å². The number of rotatable bonds is 14. The van der Waals surface area contributed by atoms with E-state index in [1.165, 1.54) is 24.1 Å². The zero-order valence-corrected chi connectivity index (χ0v) is 25.7. The van der Waals surface area contributed by atoms with E-state index in [0.717, 1.165) is 17.1 Å². The molecule has 0 aromatic heterocycles. The first-order valence-electron chi connectivity index (χ1n) is 13.3. The standard InChI is InChI=1S/C30H35Cl2N3O5S/c1-4-6-18-33-30(37)28(5-2)34(20-22-12-17-26(31)27(32)19-22)29(36)21-35(23-10-8-7-9-11-23)41(38,39)25-15-13-24(40-3)14-16-25/h7-17,19,28H,4-6,18,20-21H2,1-3H3,(H,33,37)/t28-/m1/s1. The van der Waals surface area contributed by atoms with E-state index < -0.39 is 28.5 Å². The first-order valence-corrected chi connectivity index (χ1v) is 15.5. The number of ether oxygens (including phenoxy) is 1. The molecule has 0 spiro atoms. The number of methoxy groups -OCH3 is 1. The van der Waals surface area contributed by atoms with Gasteiger partial charge in [-0.1, -0.05) is 67.7 Å². The third-order valence-electron chi connectivity index (χ3n) is 6.52. The minimum atomic E-state index is -4.17. The maximum atomic E-state index is 14.1. The van der Waals surface area contributed by atoms with Gasteiger partial charge in [-0.2, -0.15) is 0 Å². The van der Waals surface area contributed by atoms with E-state index in [-0.39, 0.29) is 17.3 Å². The number of carbonyl (C=O) groups excluding carboxylic acids is 2. The van der Waals surface area contributed by atoms with Gasteiger partial charge in [0.2, 0.25) is 11.8 Å². The van der Waals surface area contributed by atoms with Gasteiger partial charge in [0, 0.05) is 13.1 Å². The van der Waals surface area contributed by atoms with Crippen molar-refractivity contribution in [3.63, 3.8) is 0 Å². The van der Waals surface area contributed by atoms with Crippen LogP contribution in [-0.4, -0.2) is 51.4 Å². The van der Waals surface area contributed by atoms with Crippen molar-refractivity contribution in [1.82, 2.24) is 10.2 Å². The Bertz CT molecular complexity index is 1420. The highest BCUT2D eigenvalue weighted by atomic mass is 35.5. The van der Waals surface area contributed by atoms with Crippen molar-refractivity contribution < 1.29 is 22.7 Å². The second kappa shape index (κ2) is 15.1. The SMILES string of the molecule is CCCCNC(=O)[C@@H](CC)N(Cc1ccc(Cl)c(Cl)c1)C(=O)CN(c1ccccc1)S(=O)(=O)c1ccc(OC)cc1. The summed E-state index contributed by atoms with van der Waals surface area (Å²) in [5.41, 5.74) is 0.962. The van der Waals surface area contributed by atoms with Crippen molar-refractivity contribution in [2.24, 2.45) is 0 Å². The number of para-hydroxylation sites is 1.